The Morgan fingerprint density at radius 1 is 0.750 bits per heavy atom. The van der Waals surface area contributed by atoms with E-state index in [1.807, 2.05) is 0 Å². The molecule has 12 heteroatoms. The van der Waals surface area contributed by atoms with Gasteiger partial charge in [0.15, 0.2) is 28.0 Å². The fourth-order valence-corrected chi connectivity index (χ4v) is 5.14. The summed E-state index contributed by atoms with van der Waals surface area (Å²) in [6, 6.07) is 0. The van der Waals surface area contributed by atoms with Crippen LogP contribution in [0.15, 0.2) is 0 Å². The summed E-state index contributed by atoms with van der Waals surface area (Å²) in [5, 5.41) is 7.24. The molecule has 2 aromatic heterocycles. The molecule has 3 saturated heterocycles. The molecule has 198 valence electrons. The molecule has 2 aromatic rings. The van der Waals surface area contributed by atoms with Gasteiger partial charge in [-0.25, -0.2) is 9.97 Å². The number of halogens is 1. The first-order valence-corrected chi connectivity index (χ1v) is 13.7. The lowest BCUT2D eigenvalue weighted by atomic mass is 10.1. The van der Waals surface area contributed by atoms with Crippen LogP contribution in [0.4, 0.5) is 17.6 Å². The van der Waals surface area contributed by atoms with Crippen molar-refractivity contribution in [3.05, 3.63) is 5.15 Å². The van der Waals surface area contributed by atoms with Crippen molar-refractivity contribution < 1.29 is 4.74 Å². The monoisotopic (exact) mass is 518 g/mol. The van der Waals surface area contributed by atoms with Crippen LogP contribution in [0.25, 0.3) is 11.2 Å². The quantitative estimate of drug-likeness (QED) is 0.505. The first-order chi connectivity index (χ1) is 17.7. The molecular formula is C24H39ClN10O. The highest BCUT2D eigenvalue weighted by Crippen LogP contribution is 2.27. The number of rotatable bonds is 9. The van der Waals surface area contributed by atoms with E-state index in [1.165, 1.54) is 6.42 Å². The summed E-state index contributed by atoms with van der Waals surface area (Å²) >= 11 is 6.58. The number of ether oxygens (including phenoxy) is 1. The fourth-order valence-electron chi connectivity index (χ4n) is 4.95. The van der Waals surface area contributed by atoms with E-state index in [0.29, 0.717) is 28.0 Å². The van der Waals surface area contributed by atoms with Crippen LogP contribution >= 0.6 is 11.6 Å². The molecule has 0 aromatic carbocycles. The first kappa shape index (κ1) is 25.6. The Hall–Kier alpha value is -2.05. The first-order valence-electron chi connectivity index (χ1n) is 13.3. The largest absolute Gasteiger partial charge is 0.379 e. The average molecular weight is 519 g/mol. The third-order valence-corrected chi connectivity index (χ3v) is 7.52. The summed E-state index contributed by atoms with van der Waals surface area (Å²) in [4.78, 5) is 28.7. The van der Waals surface area contributed by atoms with Crippen LogP contribution in [-0.2, 0) is 4.74 Å². The zero-order chi connectivity index (χ0) is 24.7. The highest BCUT2D eigenvalue weighted by atomic mass is 35.5. The molecule has 0 radical (unpaired) electrons. The summed E-state index contributed by atoms with van der Waals surface area (Å²) < 4.78 is 5.44. The van der Waals surface area contributed by atoms with Crippen molar-refractivity contribution in [3.63, 3.8) is 0 Å². The normalized spacial score (nSPS) is 20.7. The van der Waals surface area contributed by atoms with Crippen LogP contribution < -0.4 is 15.5 Å². The molecule has 0 atom stereocenters. The Kier molecular flexibility index (Phi) is 8.86. The SMILES string of the molecule is CN1CCN(CCNc2nc(N3CCCCC3)nc3nc(NCCN4CCOCC4)c(Cl)nc23)CC1. The molecule has 3 fully saturated rings. The van der Waals surface area contributed by atoms with Gasteiger partial charge >= 0.3 is 0 Å². The Bertz CT molecular complexity index is 991. The number of hydrogen-bond acceptors (Lipinski definition) is 11. The summed E-state index contributed by atoms with van der Waals surface area (Å²) in [5.74, 6) is 2.01. The molecule has 3 aliphatic rings. The van der Waals surface area contributed by atoms with E-state index in [1.54, 1.807) is 0 Å². The van der Waals surface area contributed by atoms with Crippen molar-refractivity contribution in [2.24, 2.45) is 0 Å². The van der Waals surface area contributed by atoms with Gasteiger partial charge in [-0.15, -0.1) is 0 Å². The number of nitrogens with zero attached hydrogens (tertiary/aromatic N) is 8. The molecule has 5 rings (SSSR count). The Morgan fingerprint density at radius 3 is 2.14 bits per heavy atom. The summed E-state index contributed by atoms with van der Waals surface area (Å²) in [6.45, 7) is 13.2. The minimum Gasteiger partial charge on any atom is -0.379 e. The standard InChI is InChI=1S/C24H39ClN10O/c1-32-11-13-33(14-12-32)9-5-26-21-19-22(31-24(30-21)35-7-3-2-4-8-35)29-23(20(25)28-19)27-6-10-34-15-17-36-18-16-34/h2-18H2,1H3,(H2,26,27,29,30,31). The van der Waals surface area contributed by atoms with Crippen molar-refractivity contribution in [1.29, 1.82) is 0 Å². The Balaban J connectivity index is 1.31. The molecular weight excluding hydrogens is 480 g/mol. The fraction of sp³-hybridized carbons (Fsp3) is 0.750. The van der Waals surface area contributed by atoms with Gasteiger partial charge in [-0.1, -0.05) is 11.6 Å². The highest BCUT2D eigenvalue weighted by molar-refractivity contribution is 6.32. The topological polar surface area (TPSA) is 97.8 Å². The summed E-state index contributed by atoms with van der Waals surface area (Å²) in [7, 11) is 2.18. The Labute approximate surface area is 218 Å². The molecule has 0 bridgehead atoms. The van der Waals surface area contributed by atoms with E-state index in [-0.39, 0.29) is 0 Å². The van der Waals surface area contributed by atoms with Gasteiger partial charge in [0, 0.05) is 78.5 Å². The van der Waals surface area contributed by atoms with Crippen LogP contribution in [0.3, 0.4) is 0 Å². The van der Waals surface area contributed by atoms with E-state index < -0.39 is 0 Å². The molecule has 0 spiro atoms. The van der Waals surface area contributed by atoms with Crippen LogP contribution in [0, 0.1) is 0 Å². The van der Waals surface area contributed by atoms with Gasteiger partial charge in [-0.3, -0.25) is 9.80 Å². The zero-order valence-electron chi connectivity index (χ0n) is 21.4. The van der Waals surface area contributed by atoms with Gasteiger partial charge < -0.3 is 25.2 Å². The number of likely N-dealkylation sites (N-methyl/N-ethyl adjacent to an activating group) is 1. The van der Waals surface area contributed by atoms with Crippen LogP contribution in [0.2, 0.25) is 5.15 Å². The van der Waals surface area contributed by atoms with E-state index >= 15 is 0 Å². The molecule has 0 saturated carbocycles. The molecule has 0 aliphatic carbocycles. The number of piperidine rings is 1. The Morgan fingerprint density at radius 2 is 1.42 bits per heavy atom. The van der Waals surface area contributed by atoms with Crippen molar-refractivity contribution in [2.75, 3.05) is 114 Å². The van der Waals surface area contributed by atoms with E-state index in [0.717, 1.165) is 111 Å². The van der Waals surface area contributed by atoms with E-state index in [9.17, 15) is 0 Å². The molecule has 11 nitrogen and oxygen atoms in total. The summed E-state index contributed by atoms with van der Waals surface area (Å²) in [6.07, 6.45) is 3.58. The zero-order valence-corrected chi connectivity index (χ0v) is 22.1. The molecule has 5 heterocycles. The lowest BCUT2D eigenvalue weighted by Crippen LogP contribution is -2.45. The van der Waals surface area contributed by atoms with Crippen molar-refractivity contribution in [2.45, 2.75) is 19.3 Å². The number of fused-ring (bicyclic) bond motifs is 1. The average Bonchev–Trinajstić information content (AvgIpc) is 2.91. The van der Waals surface area contributed by atoms with Crippen molar-refractivity contribution in [1.82, 2.24) is 34.6 Å². The number of morpholine rings is 1. The number of hydrogen-bond donors (Lipinski definition) is 2. The van der Waals surface area contributed by atoms with Gasteiger partial charge in [0.1, 0.15) is 0 Å². The third kappa shape index (κ3) is 6.63. The van der Waals surface area contributed by atoms with Gasteiger partial charge in [-0.2, -0.15) is 9.97 Å². The van der Waals surface area contributed by atoms with Crippen LogP contribution in [0.5, 0.6) is 0 Å². The predicted octanol–water partition coefficient (Wildman–Crippen LogP) is 1.47. The molecule has 2 N–H and O–H groups in total. The van der Waals surface area contributed by atoms with Crippen LogP contribution in [0.1, 0.15) is 19.3 Å². The van der Waals surface area contributed by atoms with Gasteiger partial charge in [0.2, 0.25) is 5.95 Å². The molecule has 0 unspecified atom stereocenters. The number of aromatic nitrogens is 4. The van der Waals surface area contributed by atoms with Crippen molar-refractivity contribution in [3.8, 4) is 0 Å². The minimum absolute atomic E-state index is 0.348. The number of anilines is 3. The molecule has 3 aliphatic heterocycles. The van der Waals surface area contributed by atoms with Crippen molar-refractivity contribution >= 4 is 40.3 Å². The highest BCUT2D eigenvalue weighted by Gasteiger charge is 2.20. The second kappa shape index (κ2) is 12.5. The second-order valence-corrected chi connectivity index (χ2v) is 10.3. The minimum atomic E-state index is 0.348. The molecule has 0 amide bonds. The van der Waals surface area contributed by atoms with Crippen LogP contribution in [-0.4, -0.2) is 133 Å². The van der Waals surface area contributed by atoms with Gasteiger partial charge in [-0.05, 0) is 26.3 Å². The maximum atomic E-state index is 6.58. The third-order valence-electron chi connectivity index (χ3n) is 7.26. The maximum absolute atomic E-state index is 6.58. The number of piperazine rings is 1. The smallest absolute Gasteiger partial charge is 0.229 e. The summed E-state index contributed by atoms with van der Waals surface area (Å²) in [5.41, 5.74) is 1.20. The lowest BCUT2D eigenvalue weighted by Gasteiger charge is -2.32. The van der Waals surface area contributed by atoms with E-state index in [4.69, 9.17) is 31.3 Å². The number of nitrogens with one attached hydrogen (secondary N) is 2. The second-order valence-electron chi connectivity index (χ2n) is 9.91. The predicted molar refractivity (Wildman–Crippen MR) is 144 cm³/mol. The lowest BCUT2D eigenvalue weighted by molar-refractivity contribution is 0.0398. The van der Waals surface area contributed by atoms with E-state index in [2.05, 4.69) is 42.3 Å². The maximum Gasteiger partial charge on any atom is 0.229 e. The molecule has 36 heavy (non-hydrogen) atoms. The van der Waals surface area contributed by atoms with Gasteiger partial charge in [0.05, 0.1) is 13.2 Å². The van der Waals surface area contributed by atoms with Gasteiger partial charge in [0.25, 0.3) is 0 Å².